The van der Waals surface area contributed by atoms with Crippen LogP contribution in [0, 0.1) is 11.7 Å². The molecule has 3 nitrogen and oxygen atoms in total. The van der Waals surface area contributed by atoms with E-state index < -0.39 is 5.82 Å². The molecule has 0 heterocycles. The lowest BCUT2D eigenvalue weighted by atomic mass is 10.2. The fraction of sp³-hybridized carbons (Fsp3) is 0.294. The average Bonchev–Trinajstić information content (AvgIpc) is 2.47. The lowest BCUT2D eigenvalue weighted by molar-refractivity contribution is 0.272. The van der Waals surface area contributed by atoms with E-state index in [0.717, 1.165) is 17.0 Å². The van der Waals surface area contributed by atoms with Crippen molar-refractivity contribution in [1.29, 1.82) is 0 Å². The molecule has 0 aliphatic rings. The number of nitrogens with one attached hydrogen (secondary N) is 1. The molecule has 0 bridgehead atoms. The van der Waals surface area contributed by atoms with Gasteiger partial charge in [-0.25, -0.2) is 4.39 Å². The van der Waals surface area contributed by atoms with Crippen LogP contribution in [0.25, 0.3) is 0 Å². The molecule has 2 N–H and O–H groups in total. The fourth-order valence-electron chi connectivity index (χ4n) is 1.85. The van der Waals surface area contributed by atoms with Crippen molar-refractivity contribution < 1.29 is 14.2 Å². The zero-order valence-corrected chi connectivity index (χ0v) is 12.3. The Morgan fingerprint density at radius 3 is 2.67 bits per heavy atom. The maximum atomic E-state index is 13.3. The number of phenolic OH excluding ortho intramolecular Hbond substituents is 1. The van der Waals surface area contributed by atoms with Gasteiger partial charge >= 0.3 is 0 Å². The normalized spacial score (nSPS) is 10.7. The third-order valence-electron chi connectivity index (χ3n) is 2.95. The SMILES string of the molecule is CC(C)COc1ccccc1NCc1ccc(O)c(F)c1. The Bertz CT molecular complexity index is 599. The van der Waals surface area contributed by atoms with Gasteiger partial charge in [-0.3, -0.25) is 0 Å². The van der Waals surface area contributed by atoms with Crippen LogP contribution < -0.4 is 10.1 Å². The Balaban J connectivity index is 2.03. The Kier molecular flexibility index (Phi) is 5.04. The van der Waals surface area contributed by atoms with Gasteiger partial charge in [-0.1, -0.05) is 32.0 Å². The topological polar surface area (TPSA) is 41.5 Å². The number of phenols is 1. The Labute approximate surface area is 124 Å². The minimum atomic E-state index is -0.612. The van der Waals surface area contributed by atoms with Crippen LogP contribution in [-0.2, 0) is 6.54 Å². The van der Waals surface area contributed by atoms with Gasteiger partial charge in [0.2, 0.25) is 0 Å². The molecule has 2 aromatic rings. The highest BCUT2D eigenvalue weighted by Gasteiger charge is 2.05. The van der Waals surface area contributed by atoms with Crippen LogP contribution in [0.2, 0.25) is 0 Å². The number of hydrogen-bond acceptors (Lipinski definition) is 3. The summed E-state index contributed by atoms with van der Waals surface area (Å²) in [7, 11) is 0. The van der Waals surface area contributed by atoms with E-state index in [1.54, 1.807) is 6.07 Å². The molecule has 21 heavy (non-hydrogen) atoms. The van der Waals surface area contributed by atoms with Gasteiger partial charge in [-0.15, -0.1) is 0 Å². The van der Waals surface area contributed by atoms with Crippen molar-refractivity contribution in [3.05, 3.63) is 53.8 Å². The van der Waals surface area contributed by atoms with E-state index in [0.29, 0.717) is 19.1 Å². The van der Waals surface area contributed by atoms with Crippen LogP contribution in [0.3, 0.4) is 0 Å². The van der Waals surface area contributed by atoms with Gasteiger partial charge in [0.1, 0.15) is 5.75 Å². The first-order chi connectivity index (χ1) is 10.1. The quantitative estimate of drug-likeness (QED) is 0.838. The van der Waals surface area contributed by atoms with E-state index in [1.165, 1.54) is 12.1 Å². The third-order valence-corrected chi connectivity index (χ3v) is 2.95. The number of aromatic hydroxyl groups is 1. The molecule has 0 saturated heterocycles. The highest BCUT2D eigenvalue weighted by atomic mass is 19.1. The van der Waals surface area contributed by atoms with Crippen molar-refractivity contribution >= 4 is 5.69 Å². The first kappa shape index (κ1) is 15.2. The van der Waals surface area contributed by atoms with Gasteiger partial charge in [-0.2, -0.15) is 0 Å². The van der Waals surface area contributed by atoms with Crippen LogP contribution in [0.1, 0.15) is 19.4 Å². The largest absolute Gasteiger partial charge is 0.505 e. The first-order valence-corrected chi connectivity index (χ1v) is 6.99. The van der Waals surface area contributed by atoms with Crippen LogP contribution in [-0.4, -0.2) is 11.7 Å². The molecule has 112 valence electrons. The molecule has 2 rings (SSSR count). The van der Waals surface area contributed by atoms with Gasteiger partial charge in [0.15, 0.2) is 11.6 Å². The standard InChI is InChI=1S/C17H20FNO2/c1-12(2)11-21-17-6-4-3-5-15(17)19-10-13-7-8-16(20)14(18)9-13/h3-9,12,19-20H,10-11H2,1-2H3. The van der Waals surface area contributed by atoms with Crippen molar-refractivity contribution in [2.45, 2.75) is 20.4 Å². The molecule has 0 aromatic heterocycles. The number of ether oxygens (including phenoxy) is 1. The summed E-state index contributed by atoms with van der Waals surface area (Å²) in [4.78, 5) is 0. The van der Waals surface area contributed by atoms with Gasteiger partial charge in [0, 0.05) is 6.54 Å². The van der Waals surface area contributed by atoms with Gasteiger partial charge in [0.25, 0.3) is 0 Å². The summed E-state index contributed by atoms with van der Waals surface area (Å²) >= 11 is 0. The second-order valence-electron chi connectivity index (χ2n) is 5.34. The molecule has 0 spiro atoms. The predicted molar refractivity (Wildman–Crippen MR) is 82.2 cm³/mol. The van der Waals surface area contributed by atoms with E-state index >= 15 is 0 Å². The molecule has 0 atom stereocenters. The van der Waals surface area contributed by atoms with Crippen molar-refractivity contribution in [3.63, 3.8) is 0 Å². The van der Waals surface area contributed by atoms with Crippen molar-refractivity contribution in [2.75, 3.05) is 11.9 Å². The Hall–Kier alpha value is -2.23. The molecule has 2 aromatic carbocycles. The molecule has 0 unspecified atom stereocenters. The van der Waals surface area contributed by atoms with Gasteiger partial charge in [-0.05, 0) is 35.7 Å². The average molecular weight is 289 g/mol. The van der Waals surface area contributed by atoms with Crippen LogP contribution >= 0.6 is 0 Å². The van der Waals surface area contributed by atoms with Crippen LogP contribution in [0.4, 0.5) is 10.1 Å². The number of para-hydroxylation sites is 2. The van der Waals surface area contributed by atoms with Gasteiger partial charge in [0.05, 0.1) is 12.3 Å². The lowest BCUT2D eigenvalue weighted by Gasteiger charge is -2.14. The fourth-order valence-corrected chi connectivity index (χ4v) is 1.85. The van der Waals surface area contributed by atoms with E-state index in [9.17, 15) is 9.50 Å². The summed E-state index contributed by atoms with van der Waals surface area (Å²) in [5, 5.41) is 12.4. The summed E-state index contributed by atoms with van der Waals surface area (Å²) in [6.45, 7) is 5.29. The predicted octanol–water partition coefficient (Wildman–Crippen LogP) is 4.18. The Morgan fingerprint density at radius 2 is 1.95 bits per heavy atom. The minimum absolute atomic E-state index is 0.334. The third kappa shape index (κ3) is 4.38. The number of benzene rings is 2. The number of rotatable bonds is 6. The maximum absolute atomic E-state index is 13.3. The smallest absolute Gasteiger partial charge is 0.165 e. The summed E-state index contributed by atoms with van der Waals surface area (Å²) in [5.41, 5.74) is 1.62. The van der Waals surface area contributed by atoms with E-state index in [1.807, 2.05) is 24.3 Å². The number of anilines is 1. The molecule has 4 heteroatoms. The van der Waals surface area contributed by atoms with Crippen molar-refractivity contribution in [1.82, 2.24) is 0 Å². The number of halogens is 1. The summed E-state index contributed by atoms with van der Waals surface area (Å²) in [5.74, 6) is 0.285. The molecule has 0 fully saturated rings. The second-order valence-corrected chi connectivity index (χ2v) is 5.34. The zero-order chi connectivity index (χ0) is 15.2. The molecule has 0 aliphatic heterocycles. The molecule has 0 radical (unpaired) electrons. The maximum Gasteiger partial charge on any atom is 0.165 e. The monoisotopic (exact) mass is 289 g/mol. The summed E-state index contributed by atoms with van der Waals surface area (Å²) in [6.07, 6.45) is 0. The highest BCUT2D eigenvalue weighted by molar-refractivity contribution is 5.56. The summed E-state index contributed by atoms with van der Waals surface area (Å²) < 4.78 is 19.0. The molecule has 0 amide bonds. The van der Waals surface area contributed by atoms with Crippen LogP contribution in [0.15, 0.2) is 42.5 Å². The minimum Gasteiger partial charge on any atom is -0.505 e. The lowest BCUT2D eigenvalue weighted by Crippen LogP contribution is -2.07. The van der Waals surface area contributed by atoms with Crippen LogP contribution in [0.5, 0.6) is 11.5 Å². The molecular weight excluding hydrogens is 269 g/mol. The summed E-state index contributed by atoms with van der Waals surface area (Å²) in [6, 6.07) is 12.0. The Morgan fingerprint density at radius 1 is 1.19 bits per heavy atom. The second kappa shape index (κ2) is 6.97. The van der Waals surface area contributed by atoms with E-state index in [2.05, 4.69) is 19.2 Å². The molecular formula is C17H20FNO2. The van der Waals surface area contributed by atoms with Gasteiger partial charge < -0.3 is 15.2 Å². The molecule has 0 aliphatic carbocycles. The zero-order valence-electron chi connectivity index (χ0n) is 12.3. The number of hydrogen-bond donors (Lipinski definition) is 2. The van der Waals surface area contributed by atoms with Crippen molar-refractivity contribution in [3.8, 4) is 11.5 Å². The van der Waals surface area contributed by atoms with E-state index in [-0.39, 0.29) is 5.75 Å². The molecule has 0 saturated carbocycles. The van der Waals surface area contributed by atoms with E-state index in [4.69, 9.17) is 4.74 Å². The van der Waals surface area contributed by atoms with Crippen molar-refractivity contribution in [2.24, 2.45) is 5.92 Å². The highest BCUT2D eigenvalue weighted by Crippen LogP contribution is 2.25. The first-order valence-electron chi connectivity index (χ1n) is 6.99.